The van der Waals surface area contributed by atoms with E-state index in [0.29, 0.717) is 6.08 Å². The van der Waals surface area contributed by atoms with Crippen LogP contribution in [0.3, 0.4) is 0 Å². The molecule has 190 valence electrons. The highest BCUT2D eigenvalue weighted by Crippen LogP contribution is 2.29. The zero-order valence-electron chi connectivity index (χ0n) is 17.9. The Morgan fingerprint density at radius 3 is 2.60 bits per heavy atom. The first-order valence-corrected chi connectivity index (χ1v) is 11.1. The third-order valence-corrected chi connectivity index (χ3v) is 6.52. The Morgan fingerprint density at radius 2 is 2.03 bits per heavy atom. The summed E-state index contributed by atoms with van der Waals surface area (Å²) in [4.78, 5) is 77.1. The highest BCUT2D eigenvalue weighted by atomic mass is 32.2. The van der Waals surface area contributed by atoms with Gasteiger partial charge in [0.1, 0.15) is 5.70 Å². The number of aliphatic imine (C=N–C) groups is 1. The molecule has 6 N–H and O–H groups in total. The number of imide groups is 1. The molecule has 35 heavy (non-hydrogen) atoms. The van der Waals surface area contributed by atoms with Gasteiger partial charge >= 0.3 is 40.2 Å². The zero-order chi connectivity index (χ0) is 26.1. The Hall–Kier alpha value is -3.94. The number of ether oxygens (including phenoxy) is 2. The molecule has 18 nitrogen and oxygen atoms in total. The average Bonchev–Trinajstić information content (AvgIpc) is 3.25. The maximum Gasteiger partial charge on any atom is 0.508 e. The summed E-state index contributed by atoms with van der Waals surface area (Å²) in [6.45, 7) is -1.17. The third kappa shape index (κ3) is 4.56. The summed E-state index contributed by atoms with van der Waals surface area (Å²) in [6, 6.07) is -5.79. The highest BCUT2D eigenvalue weighted by molar-refractivity contribution is 7.88. The van der Waals surface area contributed by atoms with Crippen LogP contribution >= 0.6 is 0 Å². The summed E-state index contributed by atoms with van der Waals surface area (Å²) in [6.07, 6.45) is -1.50. The largest absolute Gasteiger partial charge is 0.508 e. The molecular formula is C16H20N7O11S+. The molecule has 3 aliphatic heterocycles. The number of nitrogens with two attached hydrogens (primary N) is 1. The van der Waals surface area contributed by atoms with Gasteiger partial charge in [-0.25, -0.2) is 23.5 Å². The number of amides is 6. The Bertz CT molecular complexity index is 1170. The first kappa shape index (κ1) is 25.7. The van der Waals surface area contributed by atoms with E-state index in [1.807, 2.05) is 5.43 Å². The van der Waals surface area contributed by atoms with Crippen molar-refractivity contribution < 1.29 is 56.4 Å². The number of carbonyl (C=O) groups excluding carboxylic acids is 6. The molecule has 0 radical (unpaired) electrons. The highest BCUT2D eigenvalue weighted by Gasteiger charge is 2.71. The predicted molar refractivity (Wildman–Crippen MR) is 109 cm³/mol. The van der Waals surface area contributed by atoms with Gasteiger partial charge in [-0.3, -0.25) is 14.6 Å². The van der Waals surface area contributed by atoms with Crippen LogP contribution < -0.4 is 21.2 Å². The van der Waals surface area contributed by atoms with Gasteiger partial charge in [0.25, 0.3) is 0 Å². The minimum Gasteiger partial charge on any atom is -0.438 e. The number of aliphatic hydroxyl groups is 1. The van der Waals surface area contributed by atoms with Gasteiger partial charge < -0.3 is 25.6 Å². The number of β-lactam (4-membered cyclic amide) rings is 1. The minimum atomic E-state index is -4.85. The maximum atomic E-state index is 13.1. The van der Waals surface area contributed by atoms with Crippen LogP contribution in [0, 0.1) is 0 Å². The molecule has 0 aromatic rings. The summed E-state index contributed by atoms with van der Waals surface area (Å²) in [5, 5.41) is 11.6. The first-order chi connectivity index (χ1) is 16.3. The summed E-state index contributed by atoms with van der Waals surface area (Å²) in [5.41, 5.74) is 7.05. The molecule has 6 amide bonds. The van der Waals surface area contributed by atoms with Crippen LogP contribution in [0.15, 0.2) is 16.8 Å². The van der Waals surface area contributed by atoms with Crippen LogP contribution in [0.4, 0.5) is 14.4 Å². The lowest BCUT2D eigenvalue weighted by Gasteiger charge is -2.47. The maximum absolute atomic E-state index is 13.1. The second kappa shape index (κ2) is 9.37. The van der Waals surface area contributed by atoms with Crippen LogP contribution in [0.25, 0.3) is 0 Å². The monoisotopic (exact) mass is 518 g/mol. The Morgan fingerprint density at radius 1 is 1.34 bits per heavy atom. The van der Waals surface area contributed by atoms with Crippen molar-refractivity contribution in [3.05, 3.63) is 11.8 Å². The van der Waals surface area contributed by atoms with Crippen molar-refractivity contribution in [1.82, 2.24) is 19.8 Å². The molecule has 4 atom stereocenters. The van der Waals surface area contributed by atoms with E-state index in [2.05, 4.69) is 15.0 Å². The molecule has 2 unspecified atom stereocenters. The van der Waals surface area contributed by atoms with Gasteiger partial charge in [-0.2, -0.15) is 18.6 Å². The molecule has 0 bridgehead atoms. The van der Waals surface area contributed by atoms with Crippen LogP contribution in [0.1, 0.15) is 0 Å². The molecule has 0 aromatic carbocycles. The molecule has 0 aliphatic carbocycles. The zero-order valence-corrected chi connectivity index (χ0v) is 18.7. The number of nitrogens with one attached hydrogen (secondary N) is 3. The lowest BCUT2D eigenvalue weighted by Crippen LogP contribution is -2.89. The molecule has 0 saturated carbocycles. The van der Waals surface area contributed by atoms with Gasteiger partial charge in [-0.05, 0) is 0 Å². The van der Waals surface area contributed by atoms with Crippen molar-refractivity contribution in [2.75, 3.05) is 26.8 Å². The minimum absolute atomic E-state index is 0.0455. The standard InChI is InChI=1S/C16H19N7O11S/c1-33-16(30)34-6-8-11(17)13(27)23(8,20-12(26)7-4-9(24)10(25)5-19-7)15(29)21-35(31,32)22-3-2-18-14(22)28/h4-5,8,10-11,25H,2-3,6,17H2,1H3,(H2-,18,20,21,26,28,29)/p+1/t8?,10?,11-,23-/m0/s1. The number of likely N-dealkylation sites (tertiary alicyclic amines) is 1. The SMILES string of the molecule is COC(=O)OCC1[C@H](N)C(=O)[N@+]1(NC(=O)C1=CC(=O)C(O)C=N1)C(=O)NS(=O)(=O)N1CCNC1=O. The Labute approximate surface area is 196 Å². The second-order valence-corrected chi connectivity index (χ2v) is 8.83. The van der Waals surface area contributed by atoms with Crippen molar-refractivity contribution in [3.8, 4) is 0 Å². The van der Waals surface area contributed by atoms with E-state index in [1.165, 1.54) is 4.72 Å². The third-order valence-electron chi connectivity index (χ3n) is 5.16. The molecule has 0 aromatic heterocycles. The van der Waals surface area contributed by atoms with E-state index in [4.69, 9.17) is 10.5 Å². The smallest absolute Gasteiger partial charge is 0.438 e. The van der Waals surface area contributed by atoms with Crippen molar-refractivity contribution in [3.63, 3.8) is 0 Å². The van der Waals surface area contributed by atoms with E-state index in [-0.39, 0.29) is 17.4 Å². The number of rotatable bonds is 5. The van der Waals surface area contributed by atoms with Crippen molar-refractivity contribution in [1.29, 1.82) is 0 Å². The summed E-state index contributed by atoms with van der Waals surface area (Å²) >= 11 is 0. The number of carbonyl (C=O) groups is 6. The fourth-order valence-electron chi connectivity index (χ4n) is 3.33. The van der Waals surface area contributed by atoms with Gasteiger partial charge in [-0.15, -0.1) is 0 Å². The van der Waals surface area contributed by atoms with E-state index in [0.717, 1.165) is 13.3 Å². The average molecular weight is 518 g/mol. The van der Waals surface area contributed by atoms with Crippen molar-refractivity contribution in [2.45, 2.75) is 18.2 Å². The van der Waals surface area contributed by atoms with Crippen LogP contribution in [0.5, 0.6) is 0 Å². The van der Waals surface area contributed by atoms with Crippen molar-refractivity contribution in [2.24, 2.45) is 10.7 Å². The van der Waals surface area contributed by atoms with Gasteiger partial charge in [0.2, 0.25) is 0 Å². The second-order valence-electron chi connectivity index (χ2n) is 7.23. The van der Waals surface area contributed by atoms with Gasteiger partial charge in [0.15, 0.2) is 30.6 Å². The molecule has 3 aliphatic rings. The predicted octanol–water partition coefficient (Wildman–Crippen LogP) is -4.27. The Kier molecular flexibility index (Phi) is 6.87. The summed E-state index contributed by atoms with van der Waals surface area (Å²) < 4.78 is 34.1. The fourth-order valence-corrected chi connectivity index (χ4v) is 4.42. The van der Waals surface area contributed by atoms with Gasteiger partial charge in [0, 0.05) is 18.8 Å². The van der Waals surface area contributed by atoms with Crippen molar-refractivity contribution >= 4 is 52.2 Å². The lowest BCUT2D eigenvalue weighted by atomic mass is 9.95. The van der Waals surface area contributed by atoms with Crippen LogP contribution in [0.2, 0.25) is 0 Å². The number of quaternary nitrogens is 1. The summed E-state index contributed by atoms with van der Waals surface area (Å²) in [5.74, 6) is -3.46. The number of hydrogen-bond acceptors (Lipinski definition) is 13. The van der Waals surface area contributed by atoms with Crippen LogP contribution in [-0.2, 0) is 34.1 Å². The number of hydrogen-bond donors (Lipinski definition) is 5. The first-order valence-electron chi connectivity index (χ1n) is 9.68. The number of aliphatic hydroxyl groups excluding tert-OH is 1. The normalized spacial score (nSPS) is 28.0. The fraction of sp³-hybridized carbons (Fsp3) is 0.438. The summed E-state index contributed by atoms with van der Waals surface area (Å²) in [7, 11) is -3.88. The quantitative estimate of drug-likeness (QED) is 0.132. The van der Waals surface area contributed by atoms with Crippen LogP contribution in [-0.4, -0.2) is 109 Å². The molecule has 0 spiro atoms. The van der Waals surface area contributed by atoms with Gasteiger partial charge in [-0.1, -0.05) is 4.59 Å². The Balaban J connectivity index is 1.95. The number of urea groups is 2. The molecule has 3 rings (SSSR count). The van der Waals surface area contributed by atoms with E-state index < -0.39 is 81.1 Å². The lowest BCUT2D eigenvalue weighted by molar-refractivity contribution is -0.867. The molecule has 19 heteroatoms. The van der Waals surface area contributed by atoms with E-state index in [9.17, 15) is 42.3 Å². The number of ketones is 1. The number of methoxy groups -OCH3 is 1. The molecule has 2 fully saturated rings. The molecular weight excluding hydrogens is 498 g/mol. The molecule has 3 heterocycles. The van der Waals surface area contributed by atoms with E-state index >= 15 is 0 Å². The van der Waals surface area contributed by atoms with Gasteiger partial charge in [0.05, 0.1) is 13.7 Å². The van der Waals surface area contributed by atoms with E-state index in [1.54, 1.807) is 0 Å². The molecule has 2 saturated heterocycles. The topological polar surface area (TPSA) is 253 Å². The number of nitrogens with zero attached hydrogens (tertiary/aromatic N) is 3.